The van der Waals surface area contributed by atoms with E-state index in [1.165, 1.54) is 0 Å². The van der Waals surface area contributed by atoms with Crippen LogP contribution in [0.3, 0.4) is 0 Å². The summed E-state index contributed by atoms with van der Waals surface area (Å²) in [4.78, 5) is 8.35. The van der Waals surface area contributed by atoms with Gasteiger partial charge in [0.2, 0.25) is 0 Å². The summed E-state index contributed by atoms with van der Waals surface area (Å²) >= 11 is 0. The van der Waals surface area contributed by atoms with Crippen molar-refractivity contribution in [2.24, 2.45) is 0 Å². The minimum Gasteiger partial charge on any atom is -0.435 e. The lowest BCUT2D eigenvalue weighted by atomic mass is 10.2. The molecule has 0 atom stereocenters. The molecule has 0 fully saturated rings. The van der Waals surface area contributed by atoms with Gasteiger partial charge in [-0.15, -0.1) is 0 Å². The van der Waals surface area contributed by atoms with Crippen LogP contribution >= 0.6 is 0 Å². The number of halogens is 1. The molecule has 4 nitrogen and oxygen atoms in total. The highest BCUT2D eigenvalue weighted by Crippen LogP contribution is 2.26. The first-order chi connectivity index (χ1) is 9.65. The van der Waals surface area contributed by atoms with Crippen molar-refractivity contribution >= 4 is 0 Å². The van der Waals surface area contributed by atoms with Crippen LogP contribution in [0.5, 0.6) is 11.6 Å². The van der Waals surface area contributed by atoms with Gasteiger partial charge in [0.1, 0.15) is 0 Å². The Labute approximate surface area is 118 Å². The Kier molecular flexibility index (Phi) is 4.63. The number of nitrogens with zero attached hydrogens (tertiary/aromatic N) is 2. The number of hydrogen-bond acceptors (Lipinski definition) is 4. The van der Waals surface area contributed by atoms with Gasteiger partial charge in [-0.2, -0.15) is 0 Å². The maximum absolute atomic E-state index is 14.2. The Bertz CT molecular complexity index is 602. The summed E-state index contributed by atoms with van der Waals surface area (Å²) in [6, 6.07) is 5.27. The fraction of sp³-hybridized carbons (Fsp3) is 0.333. The average Bonchev–Trinajstić information content (AvgIpc) is 2.45. The molecule has 2 rings (SSSR count). The molecule has 0 radical (unpaired) electrons. The van der Waals surface area contributed by atoms with Crippen LogP contribution in [0.25, 0.3) is 0 Å². The normalized spacial score (nSPS) is 10.6. The molecule has 0 aliphatic carbocycles. The number of aromatic nitrogens is 2. The molecule has 20 heavy (non-hydrogen) atoms. The predicted octanol–water partition coefficient (Wildman–Crippen LogP) is 3.00. The van der Waals surface area contributed by atoms with Crippen LogP contribution in [0.15, 0.2) is 24.4 Å². The monoisotopic (exact) mass is 275 g/mol. The summed E-state index contributed by atoms with van der Waals surface area (Å²) in [7, 11) is 1.76. The minimum atomic E-state index is -0.440. The molecule has 1 N–H and O–H groups in total. The molecule has 2 aromatic rings. The lowest BCUT2D eigenvalue weighted by Gasteiger charge is -2.11. The maximum Gasteiger partial charge on any atom is 0.256 e. The van der Waals surface area contributed by atoms with Gasteiger partial charge in [-0.05, 0) is 38.6 Å². The van der Waals surface area contributed by atoms with Gasteiger partial charge in [0.15, 0.2) is 11.6 Å². The smallest absolute Gasteiger partial charge is 0.256 e. The lowest BCUT2D eigenvalue weighted by molar-refractivity contribution is 0.412. The molecule has 0 amide bonds. The first kappa shape index (κ1) is 14.4. The van der Waals surface area contributed by atoms with Crippen LogP contribution in [0.1, 0.15) is 23.9 Å². The van der Waals surface area contributed by atoms with Crippen LogP contribution in [0.2, 0.25) is 0 Å². The van der Waals surface area contributed by atoms with Crippen LogP contribution in [-0.4, -0.2) is 17.0 Å². The molecule has 5 heteroatoms. The summed E-state index contributed by atoms with van der Waals surface area (Å²) in [5.41, 5.74) is 2.23. The van der Waals surface area contributed by atoms with Crippen molar-refractivity contribution in [2.75, 3.05) is 7.05 Å². The molecule has 0 spiro atoms. The van der Waals surface area contributed by atoms with Crippen LogP contribution in [0, 0.1) is 12.7 Å². The van der Waals surface area contributed by atoms with E-state index in [1.807, 2.05) is 19.9 Å². The molecule has 0 aliphatic rings. The Morgan fingerprint density at radius 2 is 2.10 bits per heavy atom. The van der Waals surface area contributed by atoms with Gasteiger partial charge in [0, 0.05) is 24.0 Å². The van der Waals surface area contributed by atoms with Gasteiger partial charge in [0.05, 0.1) is 5.69 Å². The summed E-state index contributed by atoms with van der Waals surface area (Å²) < 4.78 is 19.8. The molecule has 0 aromatic carbocycles. The highest BCUT2D eigenvalue weighted by Gasteiger charge is 2.13. The summed E-state index contributed by atoms with van der Waals surface area (Å²) in [5.74, 6) is 0.0914. The number of nitrogens with one attached hydrogen (secondary N) is 1. The SMILES string of the molecule is CCc1nc(C)ccc1Oc1nccc(CNC)c1F. The number of pyridine rings is 2. The van der Waals surface area contributed by atoms with E-state index < -0.39 is 5.82 Å². The maximum atomic E-state index is 14.2. The molecular formula is C15H18FN3O. The van der Waals surface area contributed by atoms with Crippen molar-refractivity contribution in [1.29, 1.82) is 0 Å². The summed E-state index contributed by atoms with van der Waals surface area (Å²) in [5, 5.41) is 2.91. The van der Waals surface area contributed by atoms with E-state index in [1.54, 1.807) is 25.4 Å². The zero-order valence-electron chi connectivity index (χ0n) is 11.9. The van der Waals surface area contributed by atoms with Gasteiger partial charge in [-0.3, -0.25) is 4.98 Å². The van der Waals surface area contributed by atoms with E-state index in [-0.39, 0.29) is 5.88 Å². The summed E-state index contributed by atoms with van der Waals surface area (Å²) in [6.07, 6.45) is 2.26. The third kappa shape index (κ3) is 3.11. The Hall–Kier alpha value is -2.01. The van der Waals surface area contributed by atoms with Crippen molar-refractivity contribution in [1.82, 2.24) is 15.3 Å². The minimum absolute atomic E-state index is 0.0156. The second-order valence-corrected chi connectivity index (χ2v) is 4.47. The second-order valence-electron chi connectivity index (χ2n) is 4.47. The number of ether oxygens (including phenoxy) is 1. The van der Waals surface area contributed by atoms with Crippen molar-refractivity contribution in [3.63, 3.8) is 0 Å². The van der Waals surface area contributed by atoms with E-state index in [4.69, 9.17) is 4.74 Å². The van der Waals surface area contributed by atoms with Crippen LogP contribution in [-0.2, 0) is 13.0 Å². The average molecular weight is 275 g/mol. The first-order valence-corrected chi connectivity index (χ1v) is 6.58. The van der Waals surface area contributed by atoms with Gasteiger partial charge < -0.3 is 10.1 Å². The van der Waals surface area contributed by atoms with Crippen molar-refractivity contribution in [3.05, 3.63) is 47.2 Å². The number of aryl methyl sites for hydroxylation is 2. The van der Waals surface area contributed by atoms with E-state index in [9.17, 15) is 4.39 Å². The Morgan fingerprint density at radius 1 is 1.30 bits per heavy atom. The third-order valence-electron chi connectivity index (χ3n) is 2.92. The highest BCUT2D eigenvalue weighted by atomic mass is 19.1. The molecule has 2 aromatic heterocycles. The lowest BCUT2D eigenvalue weighted by Crippen LogP contribution is -2.08. The van der Waals surface area contributed by atoms with E-state index in [2.05, 4.69) is 15.3 Å². The third-order valence-corrected chi connectivity index (χ3v) is 2.92. The van der Waals surface area contributed by atoms with Gasteiger partial charge >= 0.3 is 0 Å². The van der Waals surface area contributed by atoms with Gasteiger partial charge in [-0.1, -0.05) is 6.92 Å². The summed E-state index contributed by atoms with van der Waals surface area (Å²) in [6.45, 7) is 4.32. The first-order valence-electron chi connectivity index (χ1n) is 6.58. The largest absolute Gasteiger partial charge is 0.435 e. The quantitative estimate of drug-likeness (QED) is 0.911. The number of rotatable bonds is 5. The zero-order valence-corrected chi connectivity index (χ0v) is 11.9. The van der Waals surface area contributed by atoms with Gasteiger partial charge in [-0.25, -0.2) is 9.37 Å². The van der Waals surface area contributed by atoms with Crippen molar-refractivity contribution in [3.8, 4) is 11.6 Å². The standard InChI is InChI=1S/C15H18FN3O/c1-4-12-13(6-5-10(2)19-12)20-15-14(16)11(9-17-3)7-8-18-15/h5-8,17H,4,9H2,1-3H3. The van der Waals surface area contributed by atoms with E-state index in [0.29, 0.717) is 17.9 Å². The van der Waals surface area contributed by atoms with Crippen molar-refractivity contribution in [2.45, 2.75) is 26.8 Å². The molecule has 0 saturated carbocycles. The topological polar surface area (TPSA) is 47.0 Å². The van der Waals surface area contributed by atoms with Crippen LogP contribution in [0.4, 0.5) is 4.39 Å². The molecular weight excluding hydrogens is 257 g/mol. The highest BCUT2D eigenvalue weighted by molar-refractivity contribution is 5.34. The Balaban J connectivity index is 2.33. The molecule has 0 bridgehead atoms. The fourth-order valence-corrected chi connectivity index (χ4v) is 1.91. The zero-order chi connectivity index (χ0) is 14.5. The fourth-order valence-electron chi connectivity index (χ4n) is 1.91. The molecule has 0 unspecified atom stereocenters. The Morgan fingerprint density at radius 3 is 2.80 bits per heavy atom. The van der Waals surface area contributed by atoms with E-state index in [0.717, 1.165) is 17.8 Å². The molecule has 0 aliphatic heterocycles. The molecule has 0 saturated heterocycles. The van der Waals surface area contributed by atoms with E-state index >= 15 is 0 Å². The van der Waals surface area contributed by atoms with Gasteiger partial charge in [0.25, 0.3) is 5.88 Å². The second kappa shape index (κ2) is 6.43. The van der Waals surface area contributed by atoms with Crippen molar-refractivity contribution < 1.29 is 9.13 Å². The molecule has 2 heterocycles. The molecule has 106 valence electrons. The predicted molar refractivity (Wildman–Crippen MR) is 75.4 cm³/mol. The van der Waals surface area contributed by atoms with Crippen LogP contribution < -0.4 is 10.1 Å². The number of hydrogen-bond donors (Lipinski definition) is 1.